The van der Waals surface area contributed by atoms with E-state index < -0.39 is 0 Å². The summed E-state index contributed by atoms with van der Waals surface area (Å²) in [6, 6.07) is 0. The Bertz CT molecular complexity index is 270. The molecular formula is C11H20N4. The molecule has 0 aliphatic heterocycles. The van der Waals surface area contributed by atoms with Gasteiger partial charge >= 0.3 is 0 Å². The van der Waals surface area contributed by atoms with Crippen molar-refractivity contribution in [2.45, 2.75) is 26.7 Å². The third-order valence-corrected chi connectivity index (χ3v) is 2.18. The van der Waals surface area contributed by atoms with Crippen LogP contribution in [0.2, 0.25) is 0 Å². The van der Waals surface area contributed by atoms with Gasteiger partial charge < -0.3 is 10.6 Å². The molecule has 0 amide bonds. The zero-order chi connectivity index (χ0) is 11.1. The van der Waals surface area contributed by atoms with Crippen LogP contribution in [0.4, 0.5) is 5.95 Å². The molecule has 4 nitrogen and oxygen atoms in total. The van der Waals surface area contributed by atoms with Crippen LogP contribution in [-0.4, -0.2) is 29.6 Å². The normalized spacial score (nSPS) is 10.3. The molecule has 0 aliphatic carbocycles. The summed E-state index contributed by atoms with van der Waals surface area (Å²) in [7, 11) is 0. The fourth-order valence-electron chi connectivity index (χ4n) is 1.41. The van der Waals surface area contributed by atoms with Crippen molar-refractivity contribution in [2.24, 2.45) is 5.73 Å². The number of aromatic nitrogens is 2. The summed E-state index contributed by atoms with van der Waals surface area (Å²) in [6.07, 6.45) is 5.79. The highest BCUT2D eigenvalue weighted by atomic mass is 15.2. The first-order chi connectivity index (χ1) is 7.27. The first-order valence-corrected chi connectivity index (χ1v) is 5.51. The topological polar surface area (TPSA) is 55.0 Å². The summed E-state index contributed by atoms with van der Waals surface area (Å²) in [5, 5.41) is 0. The van der Waals surface area contributed by atoms with E-state index >= 15 is 0 Å². The summed E-state index contributed by atoms with van der Waals surface area (Å²) in [6.45, 7) is 6.79. The molecule has 1 rings (SSSR count). The SMILES string of the molecule is CCCN(CCCN)c1ncc(C)cn1. The lowest BCUT2D eigenvalue weighted by molar-refractivity contribution is 0.700. The molecule has 4 heteroatoms. The van der Waals surface area contributed by atoms with Crippen LogP contribution in [0, 0.1) is 6.92 Å². The van der Waals surface area contributed by atoms with Gasteiger partial charge in [-0.05, 0) is 31.9 Å². The van der Waals surface area contributed by atoms with Crippen LogP contribution in [0.5, 0.6) is 0 Å². The Balaban J connectivity index is 2.65. The second-order valence-electron chi connectivity index (χ2n) is 3.69. The van der Waals surface area contributed by atoms with Crippen molar-refractivity contribution in [3.63, 3.8) is 0 Å². The lowest BCUT2D eigenvalue weighted by Gasteiger charge is -2.21. The fourth-order valence-corrected chi connectivity index (χ4v) is 1.41. The van der Waals surface area contributed by atoms with Crippen molar-refractivity contribution in [1.82, 2.24) is 9.97 Å². The number of hydrogen-bond donors (Lipinski definition) is 1. The highest BCUT2D eigenvalue weighted by Gasteiger charge is 2.06. The molecule has 2 N–H and O–H groups in total. The fraction of sp³-hybridized carbons (Fsp3) is 0.636. The molecule has 0 saturated heterocycles. The number of anilines is 1. The highest BCUT2D eigenvalue weighted by molar-refractivity contribution is 5.29. The predicted molar refractivity (Wildman–Crippen MR) is 62.9 cm³/mol. The van der Waals surface area contributed by atoms with Gasteiger partial charge in [0, 0.05) is 25.5 Å². The Labute approximate surface area is 91.5 Å². The summed E-state index contributed by atoms with van der Waals surface area (Å²) in [5.74, 6) is 0.816. The van der Waals surface area contributed by atoms with Crippen molar-refractivity contribution < 1.29 is 0 Å². The molecular weight excluding hydrogens is 188 g/mol. The van der Waals surface area contributed by atoms with Gasteiger partial charge in [-0.25, -0.2) is 9.97 Å². The predicted octanol–water partition coefficient (Wildman–Crippen LogP) is 1.35. The largest absolute Gasteiger partial charge is 0.341 e. The molecule has 0 fully saturated rings. The Hall–Kier alpha value is -1.16. The Morgan fingerprint density at radius 3 is 2.47 bits per heavy atom. The molecule has 0 bridgehead atoms. The second kappa shape index (κ2) is 6.35. The standard InChI is InChI=1S/C11H20N4/c1-3-6-15(7-4-5-12)11-13-8-10(2)9-14-11/h8-9H,3-7,12H2,1-2H3. The first kappa shape index (κ1) is 11.9. The van der Waals surface area contributed by atoms with Gasteiger partial charge in [-0.2, -0.15) is 0 Å². The smallest absolute Gasteiger partial charge is 0.225 e. The number of rotatable bonds is 6. The molecule has 0 radical (unpaired) electrons. The van der Waals surface area contributed by atoms with E-state index in [1.165, 1.54) is 0 Å². The van der Waals surface area contributed by atoms with Crippen LogP contribution in [0.3, 0.4) is 0 Å². The van der Waals surface area contributed by atoms with Gasteiger partial charge in [0.15, 0.2) is 0 Å². The molecule has 15 heavy (non-hydrogen) atoms. The van der Waals surface area contributed by atoms with E-state index in [2.05, 4.69) is 21.8 Å². The van der Waals surface area contributed by atoms with Crippen molar-refractivity contribution >= 4 is 5.95 Å². The minimum Gasteiger partial charge on any atom is -0.341 e. The summed E-state index contributed by atoms with van der Waals surface area (Å²) in [4.78, 5) is 10.8. The van der Waals surface area contributed by atoms with Gasteiger partial charge in [-0.1, -0.05) is 6.92 Å². The van der Waals surface area contributed by atoms with E-state index in [9.17, 15) is 0 Å². The van der Waals surface area contributed by atoms with Crippen LogP contribution in [-0.2, 0) is 0 Å². The maximum Gasteiger partial charge on any atom is 0.225 e. The molecule has 0 unspecified atom stereocenters. The monoisotopic (exact) mass is 208 g/mol. The number of aryl methyl sites for hydroxylation is 1. The quantitative estimate of drug-likeness (QED) is 0.766. The van der Waals surface area contributed by atoms with Gasteiger partial charge in [-0.15, -0.1) is 0 Å². The van der Waals surface area contributed by atoms with E-state index in [1.807, 2.05) is 19.3 Å². The maximum absolute atomic E-state index is 5.51. The highest BCUT2D eigenvalue weighted by Crippen LogP contribution is 2.07. The average Bonchev–Trinajstić information content (AvgIpc) is 2.25. The van der Waals surface area contributed by atoms with E-state index in [-0.39, 0.29) is 0 Å². The van der Waals surface area contributed by atoms with Crippen molar-refractivity contribution in [2.75, 3.05) is 24.5 Å². The number of hydrogen-bond acceptors (Lipinski definition) is 4. The minimum absolute atomic E-state index is 0.714. The van der Waals surface area contributed by atoms with Crippen LogP contribution < -0.4 is 10.6 Å². The second-order valence-corrected chi connectivity index (χ2v) is 3.69. The molecule has 1 aromatic heterocycles. The molecule has 0 aliphatic rings. The van der Waals surface area contributed by atoms with Crippen molar-refractivity contribution in [3.8, 4) is 0 Å². The van der Waals surface area contributed by atoms with Crippen LogP contribution in [0.1, 0.15) is 25.3 Å². The summed E-state index contributed by atoms with van der Waals surface area (Å²) >= 11 is 0. The lowest BCUT2D eigenvalue weighted by Crippen LogP contribution is -2.28. The molecule has 0 spiro atoms. The third kappa shape index (κ3) is 3.83. The first-order valence-electron chi connectivity index (χ1n) is 5.51. The van der Waals surface area contributed by atoms with Crippen molar-refractivity contribution in [1.29, 1.82) is 0 Å². The van der Waals surface area contributed by atoms with Gasteiger partial charge in [0.25, 0.3) is 0 Å². The Kier molecular flexibility index (Phi) is 5.04. The summed E-state index contributed by atoms with van der Waals surface area (Å²) in [5.41, 5.74) is 6.60. The van der Waals surface area contributed by atoms with Crippen LogP contribution in [0.25, 0.3) is 0 Å². The van der Waals surface area contributed by atoms with E-state index in [0.717, 1.165) is 37.4 Å². The molecule has 0 aromatic carbocycles. The summed E-state index contributed by atoms with van der Waals surface area (Å²) < 4.78 is 0. The average molecular weight is 208 g/mol. The number of nitrogens with zero attached hydrogens (tertiary/aromatic N) is 3. The molecule has 84 valence electrons. The molecule has 1 aromatic rings. The zero-order valence-corrected chi connectivity index (χ0v) is 9.61. The van der Waals surface area contributed by atoms with Gasteiger partial charge in [0.05, 0.1) is 0 Å². The Morgan fingerprint density at radius 1 is 1.27 bits per heavy atom. The third-order valence-electron chi connectivity index (χ3n) is 2.18. The van der Waals surface area contributed by atoms with Crippen LogP contribution >= 0.6 is 0 Å². The maximum atomic E-state index is 5.51. The molecule has 1 heterocycles. The van der Waals surface area contributed by atoms with Gasteiger partial charge in [0.1, 0.15) is 0 Å². The van der Waals surface area contributed by atoms with Crippen LogP contribution in [0.15, 0.2) is 12.4 Å². The van der Waals surface area contributed by atoms with E-state index in [4.69, 9.17) is 5.73 Å². The van der Waals surface area contributed by atoms with E-state index in [0.29, 0.717) is 6.54 Å². The minimum atomic E-state index is 0.714. The van der Waals surface area contributed by atoms with Crippen molar-refractivity contribution in [3.05, 3.63) is 18.0 Å². The number of nitrogens with two attached hydrogens (primary N) is 1. The van der Waals surface area contributed by atoms with E-state index in [1.54, 1.807) is 0 Å². The Morgan fingerprint density at radius 2 is 1.93 bits per heavy atom. The molecule has 0 saturated carbocycles. The van der Waals surface area contributed by atoms with Gasteiger partial charge in [0.2, 0.25) is 5.95 Å². The lowest BCUT2D eigenvalue weighted by atomic mass is 10.3. The molecule has 0 atom stereocenters. The zero-order valence-electron chi connectivity index (χ0n) is 9.61. The van der Waals surface area contributed by atoms with Gasteiger partial charge in [-0.3, -0.25) is 0 Å².